The Morgan fingerprint density at radius 2 is 2.08 bits per heavy atom. The van der Waals surface area contributed by atoms with E-state index in [0.717, 1.165) is 0 Å². The summed E-state index contributed by atoms with van der Waals surface area (Å²) in [5.41, 5.74) is 0.518. The number of fused-ring (bicyclic) bond motifs is 1. The number of halogens is 1. The van der Waals surface area contributed by atoms with Crippen LogP contribution in [0.2, 0.25) is 0 Å². The number of carbonyl (C=O) groups is 1. The van der Waals surface area contributed by atoms with Crippen LogP contribution in [-0.2, 0) is 4.74 Å². The number of rotatable bonds is 3. The van der Waals surface area contributed by atoms with Crippen LogP contribution in [0.15, 0.2) is 29.3 Å². The van der Waals surface area contributed by atoms with Crippen LogP contribution in [0, 0.1) is 5.82 Å². The maximum atomic E-state index is 15.2. The van der Waals surface area contributed by atoms with Crippen LogP contribution in [0.4, 0.5) is 10.1 Å². The summed E-state index contributed by atoms with van der Waals surface area (Å²) in [5, 5.41) is 4.37. The van der Waals surface area contributed by atoms with Gasteiger partial charge in [0, 0.05) is 31.0 Å². The number of morpholine rings is 1. The highest BCUT2D eigenvalue weighted by atomic mass is 19.1. The lowest BCUT2D eigenvalue weighted by atomic mass is 10.1. The van der Waals surface area contributed by atoms with Crippen LogP contribution in [0.3, 0.4) is 0 Å². The van der Waals surface area contributed by atoms with Crippen molar-refractivity contribution in [3.63, 3.8) is 0 Å². The van der Waals surface area contributed by atoms with E-state index in [1.165, 1.54) is 6.33 Å². The molecule has 2 unspecified atom stereocenters. The SMILES string of the molecule is CC1CN(c2c(C=O)cc3c(-n4ccnc4)noc3c2F)CC(C)O1. The molecule has 1 saturated heterocycles. The van der Waals surface area contributed by atoms with Gasteiger partial charge in [-0.15, -0.1) is 0 Å². The summed E-state index contributed by atoms with van der Waals surface area (Å²) >= 11 is 0. The minimum atomic E-state index is -0.584. The van der Waals surface area contributed by atoms with Gasteiger partial charge in [0.1, 0.15) is 6.33 Å². The van der Waals surface area contributed by atoms with Gasteiger partial charge in [-0.05, 0) is 19.9 Å². The maximum absolute atomic E-state index is 15.2. The molecule has 2 atom stereocenters. The first-order chi connectivity index (χ1) is 12.1. The molecule has 0 bridgehead atoms. The Hall–Kier alpha value is -2.74. The fourth-order valence-corrected chi connectivity index (χ4v) is 3.38. The monoisotopic (exact) mass is 344 g/mol. The molecule has 7 nitrogen and oxygen atoms in total. The highest BCUT2D eigenvalue weighted by molar-refractivity contribution is 5.97. The highest BCUT2D eigenvalue weighted by Gasteiger charge is 2.29. The first kappa shape index (κ1) is 15.8. The molecular formula is C17H17FN4O3. The van der Waals surface area contributed by atoms with Crippen molar-refractivity contribution in [1.82, 2.24) is 14.7 Å². The number of ether oxygens (including phenoxy) is 1. The number of nitrogens with zero attached hydrogens (tertiary/aromatic N) is 4. The van der Waals surface area contributed by atoms with E-state index in [0.29, 0.717) is 30.6 Å². The van der Waals surface area contributed by atoms with Crippen molar-refractivity contribution >= 4 is 22.9 Å². The number of aldehydes is 1. The minimum Gasteiger partial charge on any atom is -0.372 e. The van der Waals surface area contributed by atoms with Gasteiger partial charge < -0.3 is 14.2 Å². The van der Waals surface area contributed by atoms with E-state index in [4.69, 9.17) is 9.26 Å². The zero-order chi connectivity index (χ0) is 17.6. The molecule has 0 aliphatic carbocycles. The summed E-state index contributed by atoms with van der Waals surface area (Å²) in [5.74, 6) is -0.190. The second kappa shape index (κ2) is 5.96. The number of hydrogen-bond donors (Lipinski definition) is 0. The van der Waals surface area contributed by atoms with Crippen molar-refractivity contribution in [3.05, 3.63) is 36.2 Å². The lowest BCUT2D eigenvalue weighted by molar-refractivity contribution is -0.00543. The second-order valence-corrected chi connectivity index (χ2v) is 6.26. The zero-order valence-electron chi connectivity index (χ0n) is 13.8. The van der Waals surface area contributed by atoms with E-state index in [2.05, 4.69) is 10.1 Å². The van der Waals surface area contributed by atoms with Gasteiger partial charge in [-0.3, -0.25) is 9.36 Å². The van der Waals surface area contributed by atoms with E-state index in [1.807, 2.05) is 18.7 Å². The Labute approximate surface area is 143 Å². The average Bonchev–Trinajstić information content (AvgIpc) is 3.22. The molecule has 1 aliphatic rings. The highest BCUT2D eigenvalue weighted by Crippen LogP contribution is 2.35. The van der Waals surface area contributed by atoms with Gasteiger partial charge in [-0.1, -0.05) is 5.16 Å². The van der Waals surface area contributed by atoms with Gasteiger partial charge in [0.2, 0.25) is 5.58 Å². The number of anilines is 1. The smallest absolute Gasteiger partial charge is 0.206 e. The lowest BCUT2D eigenvalue weighted by Crippen LogP contribution is -2.46. The number of aromatic nitrogens is 3. The third-order valence-corrected chi connectivity index (χ3v) is 4.30. The Kier molecular flexibility index (Phi) is 3.76. The molecule has 8 heteroatoms. The quantitative estimate of drug-likeness (QED) is 0.680. The molecule has 130 valence electrons. The molecule has 0 radical (unpaired) electrons. The van der Waals surface area contributed by atoms with Gasteiger partial charge in [0.05, 0.1) is 23.3 Å². The van der Waals surface area contributed by atoms with E-state index in [9.17, 15) is 4.79 Å². The van der Waals surface area contributed by atoms with E-state index in [-0.39, 0.29) is 29.0 Å². The molecule has 1 aromatic carbocycles. The van der Waals surface area contributed by atoms with E-state index >= 15 is 4.39 Å². The van der Waals surface area contributed by atoms with Gasteiger partial charge in [-0.25, -0.2) is 9.37 Å². The molecule has 3 heterocycles. The summed E-state index contributed by atoms with van der Waals surface area (Å²) in [4.78, 5) is 17.4. The third-order valence-electron chi connectivity index (χ3n) is 4.30. The zero-order valence-corrected chi connectivity index (χ0v) is 13.8. The van der Waals surface area contributed by atoms with Gasteiger partial charge in [0.15, 0.2) is 17.9 Å². The fourth-order valence-electron chi connectivity index (χ4n) is 3.38. The minimum absolute atomic E-state index is 0.0242. The number of carbonyl (C=O) groups excluding carboxylic acids is 1. The van der Waals surface area contributed by atoms with Crippen molar-refractivity contribution in [2.24, 2.45) is 0 Å². The van der Waals surface area contributed by atoms with Crippen LogP contribution in [-0.4, -0.2) is 46.3 Å². The Morgan fingerprint density at radius 1 is 1.32 bits per heavy atom. The average molecular weight is 344 g/mol. The maximum Gasteiger partial charge on any atom is 0.206 e. The van der Waals surface area contributed by atoms with Crippen LogP contribution in [0.1, 0.15) is 24.2 Å². The molecule has 0 spiro atoms. The molecule has 1 aliphatic heterocycles. The third kappa shape index (κ3) is 2.58. The molecule has 3 aromatic rings. The molecule has 0 saturated carbocycles. The summed E-state index contributed by atoms with van der Waals surface area (Å²) in [6.07, 6.45) is 5.34. The molecule has 25 heavy (non-hydrogen) atoms. The number of imidazole rings is 1. The van der Waals surface area contributed by atoms with E-state index in [1.54, 1.807) is 23.0 Å². The van der Waals surface area contributed by atoms with Crippen molar-refractivity contribution in [3.8, 4) is 5.82 Å². The van der Waals surface area contributed by atoms with Crippen molar-refractivity contribution in [2.75, 3.05) is 18.0 Å². The second-order valence-electron chi connectivity index (χ2n) is 6.26. The topological polar surface area (TPSA) is 73.4 Å². The number of benzene rings is 1. The van der Waals surface area contributed by atoms with Crippen molar-refractivity contribution in [1.29, 1.82) is 0 Å². The largest absolute Gasteiger partial charge is 0.372 e. The van der Waals surface area contributed by atoms with Crippen LogP contribution >= 0.6 is 0 Å². The number of hydrogen-bond acceptors (Lipinski definition) is 6. The molecule has 0 amide bonds. The molecule has 1 fully saturated rings. The first-order valence-electron chi connectivity index (χ1n) is 8.04. The molecular weight excluding hydrogens is 327 g/mol. The normalized spacial score (nSPS) is 21.0. The summed E-state index contributed by atoms with van der Waals surface area (Å²) < 4.78 is 27.8. The van der Waals surface area contributed by atoms with Gasteiger partial charge in [0.25, 0.3) is 0 Å². The Balaban J connectivity index is 1.88. The van der Waals surface area contributed by atoms with Crippen LogP contribution < -0.4 is 4.90 Å². The predicted octanol–water partition coefficient (Wildman–Crippen LogP) is 2.58. The van der Waals surface area contributed by atoms with Crippen LogP contribution in [0.5, 0.6) is 0 Å². The van der Waals surface area contributed by atoms with E-state index < -0.39 is 5.82 Å². The summed E-state index contributed by atoms with van der Waals surface area (Å²) in [6, 6.07) is 1.61. The predicted molar refractivity (Wildman–Crippen MR) is 88.7 cm³/mol. The van der Waals surface area contributed by atoms with Crippen LogP contribution in [0.25, 0.3) is 16.8 Å². The summed E-state index contributed by atoms with van der Waals surface area (Å²) in [6.45, 7) is 4.84. The Bertz CT molecular complexity index is 912. The lowest BCUT2D eigenvalue weighted by Gasteiger charge is -2.37. The summed E-state index contributed by atoms with van der Waals surface area (Å²) in [7, 11) is 0. The molecule has 2 aromatic heterocycles. The molecule has 4 rings (SSSR count). The molecule has 0 N–H and O–H groups in total. The standard InChI is InChI=1S/C17H17FN4O3/c1-10-6-22(7-11(2)24-10)15-12(8-23)5-13-16(14(15)18)25-20-17(13)21-4-3-19-9-21/h3-5,8-11H,6-7H2,1-2H3. The van der Waals surface area contributed by atoms with Gasteiger partial charge >= 0.3 is 0 Å². The van der Waals surface area contributed by atoms with Crippen molar-refractivity contribution < 1.29 is 18.4 Å². The van der Waals surface area contributed by atoms with Crippen molar-refractivity contribution in [2.45, 2.75) is 26.1 Å². The van der Waals surface area contributed by atoms with Gasteiger partial charge in [-0.2, -0.15) is 0 Å². The fraction of sp³-hybridized carbons (Fsp3) is 0.353. The first-order valence-corrected chi connectivity index (χ1v) is 8.04. The Morgan fingerprint density at radius 3 is 2.72 bits per heavy atom.